The van der Waals surface area contributed by atoms with Crippen LogP contribution in [0.3, 0.4) is 0 Å². The highest BCUT2D eigenvalue weighted by Crippen LogP contribution is 2.33. The third-order valence-corrected chi connectivity index (χ3v) is 4.98. The van der Waals surface area contributed by atoms with E-state index in [4.69, 9.17) is 0 Å². The molecular weight excluding hydrogens is 331 g/mol. The van der Waals surface area contributed by atoms with Gasteiger partial charge >= 0.3 is 0 Å². The molecule has 2 amide bonds. The van der Waals surface area contributed by atoms with E-state index in [-0.39, 0.29) is 24.1 Å². The molecule has 1 N–H and O–H groups in total. The molecule has 1 aliphatic heterocycles. The molecule has 26 heavy (non-hydrogen) atoms. The summed E-state index contributed by atoms with van der Waals surface area (Å²) >= 11 is 0. The SMILES string of the molecule is CC[C@@H](C)c1ccccc1N1C[C@H](C(=O)Nc2ccc(F)cc2)CC1=O. The zero-order valence-corrected chi connectivity index (χ0v) is 15.0. The number of carbonyl (C=O) groups excluding carboxylic acids is 2. The maximum Gasteiger partial charge on any atom is 0.229 e. The van der Waals surface area contributed by atoms with Crippen molar-refractivity contribution in [2.75, 3.05) is 16.8 Å². The van der Waals surface area contributed by atoms with E-state index in [1.165, 1.54) is 24.3 Å². The van der Waals surface area contributed by atoms with Crippen LogP contribution in [0.1, 0.15) is 38.2 Å². The van der Waals surface area contributed by atoms with Crippen LogP contribution < -0.4 is 10.2 Å². The molecule has 0 spiro atoms. The summed E-state index contributed by atoms with van der Waals surface area (Å²) in [5.41, 5.74) is 2.55. The number of carbonyl (C=O) groups is 2. The fraction of sp³-hybridized carbons (Fsp3) is 0.333. The maximum atomic E-state index is 13.0. The van der Waals surface area contributed by atoms with Crippen LogP contribution in [0.2, 0.25) is 0 Å². The second-order valence-corrected chi connectivity index (χ2v) is 6.77. The van der Waals surface area contributed by atoms with Gasteiger partial charge in [-0.1, -0.05) is 32.0 Å². The monoisotopic (exact) mass is 354 g/mol. The van der Waals surface area contributed by atoms with Gasteiger partial charge in [0.2, 0.25) is 11.8 Å². The Labute approximate surface area is 153 Å². The molecule has 1 fully saturated rings. The van der Waals surface area contributed by atoms with Gasteiger partial charge in [0.05, 0.1) is 5.92 Å². The third-order valence-electron chi connectivity index (χ3n) is 4.98. The first-order valence-electron chi connectivity index (χ1n) is 8.95. The number of benzene rings is 2. The van der Waals surface area contributed by atoms with E-state index < -0.39 is 5.92 Å². The molecule has 3 rings (SSSR count). The molecule has 0 bridgehead atoms. The van der Waals surface area contributed by atoms with E-state index in [2.05, 4.69) is 19.2 Å². The summed E-state index contributed by atoms with van der Waals surface area (Å²) in [7, 11) is 0. The summed E-state index contributed by atoms with van der Waals surface area (Å²) < 4.78 is 13.0. The summed E-state index contributed by atoms with van der Waals surface area (Å²) in [5, 5.41) is 2.77. The van der Waals surface area contributed by atoms with Crippen molar-refractivity contribution in [2.24, 2.45) is 5.92 Å². The number of para-hydroxylation sites is 1. The highest BCUT2D eigenvalue weighted by atomic mass is 19.1. The number of hydrogen-bond donors (Lipinski definition) is 1. The van der Waals surface area contributed by atoms with Gasteiger partial charge in [-0.3, -0.25) is 9.59 Å². The topological polar surface area (TPSA) is 49.4 Å². The molecule has 2 aromatic carbocycles. The normalized spacial score (nSPS) is 18.0. The Balaban J connectivity index is 1.75. The van der Waals surface area contributed by atoms with Crippen molar-refractivity contribution in [1.82, 2.24) is 0 Å². The van der Waals surface area contributed by atoms with Crippen molar-refractivity contribution in [3.8, 4) is 0 Å². The van der Waals surface area contributed by atoms with Crippen molar-refractivity contribution in [3.05, 3.63) is 59.9 Å². The maximum absolute atomic E-state index is 13.0. The van der Waals surface area contributed by atoms with Gasteiger partial charge in [-0.15, -0.1) is 0 Å². The Morgan fingerprint density at radius 2 is 1.92 bits per heavy atom. The van der Waals surface area contributed by atoms with E-state index >= 15 is 0 Å². The summed E-state index contributed by atoms with van der Waals surface area (Å²) in [6, 6.07) is 13.5. The van der Waals surface area contributed by atoms with E-state index in [1.807, 2.05) is 24.3 Å². The van der Waals surface area contributed by atoms with Gasteiger partial charge in [0, 0.05) is 24.3 Å². The van der Waals surface area contributed by atoms with Crippen molar-refractivity contribution in [2.45, 2.75) is 32.6 Å². The molecule has 2 aromatic rings. The first-order chi connectivity index (χ1) is 12.5. The molecule has 0 radical (unpaired) electrons. The molecule has 4 nitrogen and oxygen atoms in total. The molecule has 2 atom stereocenters. The Hall–Kier alpha value is -2.69. The van der Waals surface area contributed by atoms with Gasteiger partial charge in [-0.25, -0.2) is 4.39 Å². The minimum atomic E-state index is -0.419. The summed E-state index contributed by atoms with van der Waals surface area (Å²) in [6.45, 7) is 4.61. The minimum Gasteiger partial charge on any atom is -0.326 e. The molecule has 1 saturated heterocycles. The number of anilines is 2. The lowest BCUT2D eigenvalue weighted by Crippen LogP contribution is -2.29. The number of halogens is 1. The van der Waals surface area contributed by atoms with Gasteiger partial charge < -0.3 is 10.2 Å². The van der Waals surface area contributed by atoms with Crippen LogP contribution in [0.5, 0.6) is 0 Å². The molecular formula is C21H23FN2O2. The van der Waals surface area contributed by atoms with Crippen molar-refractivity contribution >= 4 is 23.2 Å². The van der Waals surface area contributed by atoms with Gasteiger partial charge in [0.25, 0.3) is 0 Å². The number of amides is 2. The van der Waals surface area contributed by atoms with Crippen LogP contribution in [0, 0.1) is 11.7 Å². The Bertz CT molecular complexity index is 804. The van der Waals surface area contributed by atoms with Crippen molar-refractivity contribution in [3.63, 3.8) is 0 Å². The van der Waals surface area contributed by atoms with Crippen LogP contribution >= 0.6 is 0 Å². The Morgan fingerprint density at radius 1 is 1.23 bits per heavy atom. The molecule has 1 heterocycles. The number of nitrogens with zero attached hydrogens (tertiary/aromatic N) is 1. The molecule has 0 aliphatic carbocycles. The quantitative estimate of drug-likeness (QED) is 0.869. The molecule has 0 saturated carbocycles. The second kappa shape index (κ2) is 7.68. The van der Waals surface area contributed by atoms with Crippen molar-refractivity contribution < 1.29 is 14.0 Å². The molecule has 0 unspecified atom stereocenters. The van der Waals surface area contributed by atoms with Crippen LogP contribution in [0.15, 0.2) is 48.5 Å². The van der Waals surface area contributed by atoms with Crippen LogP contribution in [-0.2, 0) is 9.59 Å². The predicted molar refractivity (Wildman–Crippen MR) is 101 cm³/mol. The first-order valence-corrected chi connectivity index (χ1v) is 8.95. The lowest BCUT2D eigenvalue weighted by atomic mass is 9.96. The number of nitrogens with one attached hydrogen (secondary N) is 1. The molecule has 0 aromatic heterocycles. The standard InChI is InChI=1S/C21H23FN2O2/c1-3-14(2)18-6-4-5-7-19(18)24-13-15(12-20(24)25)21(26)23-17-10-8-16(22)9-11-17/h4-11,14-15H,3,12-13H2,1-2H3,(H,23,26)/t14-,15-/m1/s1. The zero-order valence-electron chi connectivity index (χ0n) is 15.0. The summed E-state index contributed by atoms with van der Waals surface area (Å²) in [6.07, 6.45) is 1.16. The largest absolute Gasteiger partial charge is 0.326 e. The average Bonchev–Trinajstić information content (AvgIpc) is 3.04. The van der Waals surface area contributed by atoms with Gasteiger partial charge in [-0.2, -0.15) is 0 Å². The molecule has 136 valence electrons. The molecule has 5 heteroatoms. The van der Waals surface area contributed by atoms with Gasteiger partial charge in [0.15, 0.2) is 0 Å². The summed E-state index contributed by atoms with van der Waals surface area (Å²) in [5.74, 6) is -0.691. The first kappa shape index (κ1) is 18.1. The van der Waals surface area contributed by atoms with Crippen LogP contribution in [0.4, 0.5) is 15.8 Å². The average molecular weight is 354 g/mol. The van der Waals surface area contributed by atoms with Crippen LogP contribution in [0.25, 0.3) is 0 Å². The van der Waals surface area contributed by atoms with Gasteiger partial charge in [0.1, 0.15) is 5.82 Å². The third kappa shape index (κ3) is 3.77. The fourth-order valence-corrected chi connectivity index (χ4v) is 3.26. The van der Waals surface area contributed by atoms with E-state index in [0.717, 1.165) is 17.7 Å². The Morgan fingerprint density at radius 3 is 2.62 bits per heavy atom. The van der Waals surface area contributed by atoms with E-state index in [0.29, 0.717) is 18.2 Å². The van der Waals surface area contributed by atoms with E-state index in [9.17, 15) is 14.0 Å². The highest BCUT2D eigenvalue weighted by molar-refractivity contribution is 6.03. The molecule has 1 aliphatic rings. The number of hydrogen-bond acceptors (Lipinski definition) is 2. The highest BCUT2D eigenvalue weighted by Gasteiger charge is 2.36. The van der Waals surface area contributed by atoms with Crippen LogP contribution in [-0.4, -0.2) is 18.4 Å². The lowest BCUT2D eigenvalue weighted by Gasteiger charge is -2.23. The zero-order chi connectivity index (χ0) is 18.7. The lowest BCUT2D eigenvalue weighted by molar-refractivity contribution is -0.122. The van der Waals surface area contributed by atoms with Gasteiger partial charge in [-0.05, 0) is 48.2 Å². The smallest absolute Gasteiger partial charge is 0.229 e. The van der Waals surface area contributed by atoms with Crippen molar-refractivity contribution in [1.29, 1.82) is 0 Å². The predicted octanol–water partition coefficient (Wildman–Crippen LogP) is 4.33. The van der Waals surface area contributed by atoms with E-state index in [1.54, 1.807) is 4.90 Å². The number of rotatable bonds is 5. The summed E-state index contributed by atoms with van der Waals surface area (Å²) in [4.78, 5) is 26.8. The Kier molecular flexibility index (Phi) is 5.35. The minimum absolute atomic E-state index is 0.0417. The fourth-order valence-electron chi connectivity index (χ4n) is 3.26. The second-order valence-electron chi connectivity index (χ2n) is 6.77.